The summed E-state index contributed by atoms with van der Waals surface area (Å²) in [5.41, 5.74) is 4.55. The van der Waals surface area contributed by atoms with Crippen molar-refractivity contribution in [2.24, 2.45) is 0 Å². The SMILES string of the molecule is CCc1ccccc1NC(=O)c1ccc(Nc2ccc(N(C)C)cc2)nc1. The van der Waals surface area contributed by atoms with Crippen molar-refractivity contribution >= 4 is 28.8 Å². The molecule has 0 radical (unpaired) electrons. The molecule has 0 saturated heterocycles. The van der Waals surface area contributed by atoms with Crippen molar-refractivity contribution in [1.29, 1.82) is 0 Å². The standard InChI is InChI=1S/C22H24N4O/c1-4-16-7-5-6-8-20(16)25-22(27)17-9-14-21(23-15-17)24-18-10-12-19(13-11-18)26(2)3/h5-15H,4H2,1-3H3,(H,23,24)(H,25,27). The van der Waals surface area contributed by atoms with E-state index in [4.69, 9.17) is 0 Å². The molecular weight excluding hydrogens is 336 g/mol. The summed E-state index contributed by atoms with van der Waals surface area (Å²) in [7, 11) is 4.01. The number of rotatable bonds is 6. The zero-order valence-corrected chi connectivity index (χ0v) is 15.9. The second kappa shape index (κ2) is 8.36. The van der Waals surface area contributed by atoms with Gasteiger partial charge in [-0.3, -0.25) is 4.79 Å². The van der Waals surface area contributed by atoms with Crippen LogP contribution in [0.4, 0.5) is 22.9 Å². The number of pyridine rings is 1. The largest absolute Gasteiger partial charge is 0.378 e. The highest BCUT2D eigenvalue weighted by atomic mass is 16.1. The van der Waals surface area contributed by atoms with Crippen LogP contribution in [-0.4, -0.2) is 25.0 Å². The number of nitrogens with zero attached hydrogens (tertiary/aromatic N) is 2. The molecule has 0 saturated carbocycles. The predicted octanol–water partition coefficient (Wildman–Crippen LogP) is 4.71. The summed E-state index contributed by atoms with van der Waals surface area (Å²) in [6, 6.07) is 19.5. The molecule has 0 atom stereocenters. The average molecular weight is 360 g/mol. The molecule has 0 fully saturated rings. The number of benzene rings is 2. The first-order valence-corrected chi connectivity index (χ1v) is 8.96. The van der Waals surface area contributed by atoms with E-state index in [0.29, 0.717) is 11.4 Å². The quantitative estimate of drug-likeness (QED) is 0.669. The van der Waals surface area contributed by atoms with Crippen molar-refractivity contribution in [3.63, 3.8) is 0 Å². The number of amides is 1. The average Bonchev–Trinajstić information content (AvgIpc) is 2.69. The molecule has 1 aromatic heterocycles. The van der Waals surface area contributed by atoms with Gasteiger partial charge < -0.3 is 15.5 Å². The third-order valence-corrected chi connectivity index (χ3v) is 4.33. The lowest BCUT2D eigenvalue weighted by Gasteiger charge is -2.13. The highest BCUT2D eigenvalue weighted by Crippen LogP contribution is 2.20. The third kappa shape index (κ3) is 4.64. The van der Waals surface area contributed by atoms with Crippen molar-refractivity contribution in [2.75, 3.05) is 29.6 Å². The van der Waals surface area contributed by atoms with Crippen LogP contribution in [0.1, 0.15) is 22.8 Å². The van der Waals surface area contributed by atoms with Crippen LogP contribution in [0.3, 0.4) is 0 Å². The van der Waals surface area contributed by atoms with Crippen LogP contribution in [0.25, 0.3) is 0 Å². The van der Waals surface area contributed by atoms with Crippen molar-refractivity contribution in [3.05, 3.63) is 78.0 Å². The van der Waals surface area contributed by atoms with Crippen LogP contribution in [-0.2, 0) is 6.42 Å². The minimum absolute atomic E-state index is 0.162. The molecule has 3 rings (SSSR count). The molecule has 138 valence electrons. The van der Waals surface area contributed by atoms with Crippen LogP contribution < -0.4 is 15.5 Å². The highest BCUT2D eigenvalue weighted by Gasteiger charge is 2.09. The Kier molecular flexibility index (Phi) is 5.71. The van der Waals surface area contributed by atoms with Gasteiger partial charge in [0.2, 0.25) is 0 Å². The van der Waals surface area contributed by atoms with Crippen LogP contribution in [0.15, 0.2) is 66.9 Å². The topological polar surface area (TPSA) is 57.3 Å². The van der Waals surface area contributed by atoms with Gasteiger partial charge in [-0.05, 0) is 54.4 Å². The zero-order valence-electron chi connectivity index (χ0n) is 15.9. The summed E-state index contributed by atoms with van der Waals surface area (Å²) in [6.45, 7) is 2.07. The molecule has 5 nitrogen and oxygen atoms in total. The van der Waals surface area contributed by atoms with Gasteiger partial charge in [0.05, 0.1) is 5.56 Å². The van der Waals surface area contributed by atoms with Crippen molar-refractivity contribution in [1.82, 2.24) is 4.98 Å². The van der Waals surface area contributed by atoms with Gasteiger partial charge in [-0.2, -0.15) is 0 Å². The number of para-hydroxylation sites is 1. The molecular formula is C22H24N4O. The number of nitrogens with one attached hydrogen (secondary N) is 2. The molecule has 2 N–H and O–H groups in total. The van der Waals surface area contributed by atoms with Crippen molar-refractivity contribution in [3.8, 4) is 0 Å². The number of aryl methyl sites for hydroxylation is 1. The smallest absolute Gasteiger partial charge is 0.257 e. The summed E-state index contributed by atoms with van der Waals surface area (Å²) in [6.07, 6.45) is 2.45. The first kappa shape index (κ1) is 18.5. The van der Waals surface area contributed by atoms with Gasteiger partial charge in [0.1, 0.15) is 5.82 Å². The van der Waals surface area contributed by atoms with E-state index in [1.807, 2.05) is 67.5 Å². The summed E-state index contributed by atoms with van der Waals surface area (Å²) < 4.78 is 0. The van der Waals surface area contributed by atoms with E-state index >= 15 is 0 Å². The fraction of sp³-hybridized carbons (Fsp3) is 0.182. The van der Waals surface area contributed by atoms with E-state index in [0.717, 1.165) is 29.0 Å². The molecule has 0 bridgehead atoms. The number of carbonyl (C=O) groups excluding carboxylic acids is 1. The maximum Gasteiger partial charge on any atom is 0.257 e. The summed E-state index contributed by atoms with van der Waals surface area (Å²) in [4.78, 5) is 18.9. The molecule has 5 heteroatoms. The van der Waals surface area contributed by atoms with Gasteiger partial charge in [0.25, 0.3) is 5.91 Å². The van der Waals surface area contributed by atoms with E-state index in [1.54, 1.807) is 18.3 Å². The first-order chi connectivity index (χ1) is 13.1. The molecule has 27 heavy (non-hydrogen) atoms. The van der Waals surface area contributed by atoms with Crippen LogP contribution in [0.5, 0.6) is 0 Å². The second-order valence-corrected chi connectivity index (χ2v) is 6.46. The van der Waals surface area contributed by atoms with Gasteiger partial charge in [-0.15, -0.1) is 0 Å². The molecule has 3 aromatic rings. The van der Waals surface area contributed by atoms with Crippen molar-refractivity contribution < 1.29 is 4.79 Å². The maximum absolute atomic E-state index is 12.5. The number of anilines is 4. The Balaban J connectivity index is 1.66. The van der Waals surface area contributed by atoms with E-state index in [2.05, 4.69) is 22.5 Å². The Labute approximate surface area is 160 Å². The number of carbonyl (C=O) groups is 1. The van der Waals surface area contributed by atoms with Gasteiger partial charge in [-0.1, -0.05) is 25.1 Å². The highest BCUT2D eigenvalue weighted by molar-refractivity contribution is 6.04. The minimum Gasteiger partial charge on any atom is -0.378 e. The minimum atomic E-state index is -0.162. The molecule has 1 amide bonds. The van der Waals surface area contributed by atoms with Gasteiger partial charge in [-0.25, -0.2) is 4.98 Å². The number of hydrogen-bond donors (Lipinski definition) is 2. The van der Waals surface area contributed by atoms with Crippen LogP contribution in [0.2, 0.25) is 0 Å². The Morgan fingerprint density at radius 2 is 1.74 bits per heavy atom. The lowest BCUT2D eigenvalue weighted by atomic mass is 10.1. The fourth-order valence-corrected chi connectivity index (χ4v) is 2.74. The molecule has 2 aromatic carbocycles. The predicted molar refractivity (Wildman–Crippen MR) is 112 cm³/mol. The summed E-state index contributed by atoms with van der Waals surface area (Å²) in [5.74, 6) is 0.531. The summed E-state index contributed by atoms with van der Waals surface area (Å²) >= 11 is 0. The van der Waals surface area contributed by atoms with Gasteiger partial charge >= 0.3 is 0 Å². The lowest BCUT2D eigenvalue weighted by molar-refractivity contribution is 0.102. The maximum atomic E-state index is 12.5. The fourth-order valence-electron chi connectivity index (χ4n) is 2.74. The molecule has 0 aliphatic carbocycles. The number of hydrogen-bond acceptors (Lipinski definition) is 4. The molecule has 1 heterocycles. The Morgan fingerprint density at radius 1 is 1.00 bits per heavy atom. The van der Waals surface area contributed by atoms with Gasteiger partial charge in [0, 0.05) is 37.4 Å². The molecule has 0 spiro atoms. The summed E-state index contributed by atoms with van der Waals surface area (Å²) in [5, 5.41) is 6.20. The first-order valence-electron chi connectivity index (χ1n) is 8.96. The van der Waals surface area contributed by atoms with E-state index in [1.165, 1.54) is 0 Å². The third-order valence-electron chi connectivity index (χ3n) is 4.33. The van der Waals surface area contributed by atoms with E-state index < -0.39 is 0 Å². The Bertz CT molecular complexity index is 902. The molecule has 0 aliphatic rings. The molecule has 0 aliphatic heterocycles. The Morgan fingerprint density at radius 3 is 2.37 bits per heavy atom. The van der Waals surface area contributed by atoms with E-state index in [-0.39, 0.29) is 5.91 Å². The Hall–Kier alpha value is -3.34. The zero-order chi connectivity index (χ0) is 19.2. The number of aromatic nitrogens is 1. The normalized spacial score (nSPS) is 10.3. The molecule has 0 unspecified atom stereocenters. The van der Waals surface area contributed by atoms with Crippen molar-refractivity contribution in [2.45, 2.75) is 13.3 Å². The monoisotopic (exact) mass is 360 g/mol. The lowest BCUT2D eigenvalue weighted by Crippen LogP contribution is -2.13. The van der Waals surface area contributed by atoms with Crippen LogP contribution in [0, 0.1) is 0 Å². The second-order valence-electron chi connectivity index (χ2n) is 6.46. The van der Waals surface area contributed by atoms with E-state index in [9.17, 15) is 4.79 Å². The van der Waals surface area contributed by atoms with Crippen LogP contribution >= 0.6 is 0 Å². The van der Waals surface area contributed by atoms with Gasteiger partial charge in [0.15, 0.2) is 0 Å².